The average Bonchev–Trinajstić information content (AvgIpc) is 3.17. The summed E-state index contributed by atoms with van der Waals surface area (Å²) >= 11 is 2.44. The fraction of sp³-hybridized carbons (Fsp3) is 0.235. The van der Waals surface area contributed by atoms with Gasteiger partial charge in [-0.3, -0.25) is 14.6 Å². The van der Waals surface area contributed by atoms with Gasteiger partial charge >= 0.3 is 0 Å². The summed E-state index contributed by atoms with van der Waals surface area (Å²) in [7, 11) is 0. The van der Waals surface area contributed by atoms with E-state index in [1.54, 1.807) is 11.6 Å². The van der Waals surface area contributed by atoms with Gasteiger partial charge in [0.2, 0.25) is 5.91 Å². The van der Waals surface area contributed by atoms with Crippen LogP contribution >= 0.6 is 23.1 Å². The number of carbonyl (C=O) groups excluding carboxylic acids is 1. The molecule has 0 spiro atoms. The summed E-state index contributed by atoms with van der Waals surface area (Å²) in [6, 6.07) is 7.48. The van der Waals surface area contributed by atoms with Crippen molar-refractivity contribution in [3.05, 3.63) is 57.5 Å². The molecule has 0 saturated carbocycles. The number of hydrogen-bond acceptors (Lipinski definition) is 8. The summed E-state index contributed by atoms with van der Waals surface area (Å²) in [6.07, 6.45) is 1.98. The van der Waals surface area contributed by atoms with E-state index in [2.05, 4.69) is 25.5 Å². The highest BCUT2D eigenvalue weighted by Crippen LogP contribution is 2.15. The molecule has 3 aromatic rings. The summed E-state index contributed by atoms with van der Waals surface area (Å²) < 4.78 is 5.39. The Morgan fingerprint density at radius 3 is 2.78 bits per heavy atom. The molecule has 1 amide bonds. The topological polar surface area (TPSA) is 110 Å². The maximum atomic E-state index is 12.2. The largest absolute Gasteiger partial charge is 0.494 e. The smallest absolute Gasteiger partial charge is 0.273 e. The van der Waals surface area contributed by atoms with Crippen LogP contribution in [0.4, 0.5) is 5.13 Å². The number of benzene rings is 1. The minimum absolute atomic E-state index is 0.0996. The molecule has 2 aromatic heterocycles. The molecule has 0 fully saturated rings. The highest BCUT2D eigenvalue weighted by atomic mass is 32.2. The van der Waals surface area contributed by atoms with Gasteiger partial charge in [-0.25, -0.2) is 4.98 Å². The van der Waals surface area contributed by atoms with Crippen LogP contribution in [0.3, 0.4) is 0 Å². The molecule has 10 heteroatoms. The van der Waals surface area contributed by atoms with Crippen molar-refractivity contribution in [2.24, 2.45) is 0 Å². The Kier molecular flexibility index (Phi) is 6.55. The first-order valence-corrected chi connectivity index (χ1v) is 10.0. The number of thiazole rings is 1. The second-order valence-corrected chi connectivity index (χ2v) is 7.19. The second kappa shape index (κ2) is 9.28. The number of aromatic nitrogens is 4. The zero-order chi connectivity index (χ0) is 19.1. The lowest BCUT2D eigenvalue weighted by molar-refractivity contribution is -0.113. The SMILES string of the molecule is CCOc1ccc(Cc2nnc(SCC(=O)Nc3nccs3)[nH]c2=O)cc1. The van der Waals surface area contributed by atoms with E-state index in [9.17, 15) is 9.59 Å². The van der Waals surface area contributed by atoms with E-state index in [0.29, 0.717) is 29.0 Å². The number of aromatic amines is 1. The Labute approximate surface area is 163 Å². The van der Waals surface area contributed by atoms with Gasteiger partial charge in [-0.15, -0.1) is 21.5 Å². The normalized spacial score (nSPS) is 10.6. The third-order valence-electron chi connectivity index (χ3n) is 3.37. The molecular weight excluding hydrogens is 386 g/mol. The molecule has 0 atom stereocenters. The maximum absolute atomic E-state index is 12.2. The standard InChI is InChI=1S/C17H17N5O3S2/c1-2-25-12-5-3-11(4-6-12)9-13-15(24)20-17(22-21-13)27-10-14(23)19-16-18-7-8-26-16/h3-8H,2,9-10H2,1H3,(H,18,19,23)(H,20,22,24). The van der Waals surface area contributed by atoms with E-state index in [1.807, 2.05) is 31.2 Å². The lowest BCUT2D eigenvalue weighted by Crippen LogP contribution is -2.19. The first-order chi connectivity index (χ1) is 13.1. The molecule has 0 unspecified atom stereocenters. The first kappa shape index (κ1) is 19.1. The first-order valence-electron chi connectivity index (χ1n) is 8.14. The molecule has 0 bridgehead atoms. The molecular formula is C17H17N5O3S2. The Morgan fingerprint density at radius 2 is 2.11 bits per heavy atom. The third-order valence-corrected chi connectivity index (χ3v) is 4.92. The molecule has 0 aliphatic rings. The van der Waals surface area contributed by atoms with Crippen molar-refractivity contribution in [2.75, 3.05) is 17.7 Å². The number of nitrogens with one attached hydrogen (secondary N) is 2. The third kappa shape index (κ3) is 5.63. The van der Waals surface area contributed by atoms with E-state index in [4.69, 9.17) is 4.74 Å². The molecule has 0 radical (unpaired) electrons. The van der Waals surface area contributed by atoms with Gasteiger partial charge in [0.15, 0.2) is 10.3 Å². The lowest BCUT2D eigenvalue weighted by atomic mass is 10.1. The molecule has 0 saturated heterocycles. The van der Waals surface area contributed by atoms with Crippen molar-refractivity contribution in [3.63, 3.8) is 0 Å². The number of hydrogen-bond donors (Lipinski definition) is 2. The van der Waals surface area contributed by atoms with Crippen LogP contribution in [-0.2, 0) is 11.2 Å². The molecule has 2 heterocycles. The molecule has 2 N–H and O–H groups in total. The van der Waals surface area contributed by atoms with Gasteiger partial charge in [0.05, 0.1) is 12.4 Å². The number of rotatable bonds is 8. The van der Waals surface area contributed by atoms with Crippen LogP contribution in [0, 0.1) is 0 Å². The minimum atomic E-state index is -0.318. The molecule has 8 nitrogen and oxygen atoms in total. The second-order valence-electron chi connectivity index (χ2n) is 5.33. The van der Waals surface area contributed by atoms with Crippen LogP contribution < -0.4 is 15.6 Å². The number of ether oxygens (including phenoxy) is 1. The minimum Gasteiger partial charge on any atom is -0.494 e. The van der Waals surface area contributed by atoms with E-state index >= 15 is 0 Å². The van der Waals surface area contributed by atoms with Gasteiger partial charge < -0.3 is 10.1 Å². The van der Waals surface area contributed by atoms with Crippen LogP contribution in [-0.4, -0.2) is 38.4 Å². The number of nitrogens with zero attached hydrogens (tertiary/aromatic N) is 3. The summed E-state index contributed by atoms with van der Waals surface area (Å²) in [4.78, 5) is 30.7. The fourth-order valence-corrected chi connectivity index (χ4v) is 3.31. The predicted molar refractivity (Wildman–Crippen MR) is 105 cm³/mol. The zero-order valence-corrected chi connectivity index (χ0v) is 16.1. The van der Waals surface area contributed by atoms with Gasteiger partial charge in [0, 0.05) is 18.0 Å². The van der Waals surface area contributed by atoms with Crippen molar-refractivity contribution in [3.8, 4) is 5.75 Å². The molecule has 27 heavy (non-hydrogen) atoms. The number of thioether (sulfide) groups is 1. The number of amides is 1. The monoisotopic (exact) mass is 403 g/mol. The van der Waals surface area contributed by atoms with E-state index < -0.39 is 0 Å². The average molecular weight is 403 g/mol. The number of anilines is 1. The molecule has 0 aliphatic heterocycles. The fourth-order valence-electron chi connectivity index (χ4n) is 2.16. The van der Waals surface area contributed by atoms with Gasteiger partial charge in [-0.2, -0.15) is 0 Å². The van der Waals surface area contributed by atoms with Gasteiger partial charge in [-0.1, -0.05) is 23.9 Å². The highest BCUT2D eigenvalue weighted by molar-refractivity contribution is 7.99. The quantitative estimate of drug-likeness (QED) is 0.556. The summed E-state index contributed by atoms with van der Waals surface area (Å²) in [6.45, 7) is 2.52. The number of H-pyrrole nitrogens is 1. The van der Waals surface area contributed by atoms with E-state index in [1.165, 1.54) is 11.3 Å². The maximum Gasteiger partial charge on any atom is 0.273 e. The predicted octanol–water partition coefficient (Wildman–Crippen LogP) is 2.34. The molecule has 140 valence electrons. The van der Waals surface area contributed by atoms with Crippen molar-refractivity contribution in [2.45, 2.75) is 18.5 Å². The zero-order valence-electron chi connectivity index (χ0n) is 14.5. The van der Waals surface area contributed by atoms with Crippen molar-refractivity contribution in [1.29, 1.82) is 0 Å². The Hall–Kier alpha value is -2.72. The van der Waals surface area contributed by atoms with Crippen molar-refractivity contribution >= 4 is 34.1 Å². The summed E-state index contributed by atoms with van der Waals surface area (Å²) in [5.74, 6) is 0.655. The Bertz CT molecular complexity index is 942. The van der Waals surface area contributed by atoms with Crippen LogP contribution in [0.1, 0.15) is 18.2 Å². The lowest BCUT2D eigenvalue weighted by Gasteiger charge is -2.05. The van der Waals surface area contributed by atoms with E-state index in [-0.39, 0.29) is 17.2 Å². The van der Waals surface area contributed by atoms with E-state index in [0.717, 1.165) is 23.1 Å². The molecule has 3 rings (SSSR count). The van der Waals surface area contributed by atoms with Crippen LogP contribution in [0.25, 0.3) is 0 Å². The van der Waals surface area contributed by atoms with Crippen LogP contribution in [0.15, 0.2) is 45.8 Å². The molecule has 1 aromatic carbocycles. The molecule has 0 aliphatic carbocycles. The summed E-state index contributed by atoms with van der Waals surface area (Å²) in [5.41, 5.74) is 0.930. The van der Waals surface area contributed by atoms with Crippen molar-refractivity contribution in [1.82, 2.24) is 20.2 Å². The Morgan fingerprint density at radius 1 is 1.30 bits per heavy atom. The van der Waals surface area contributed by atoms with Gasteiger partial charge in [-0.05, 0) is 24.6 Å². The van der Waals surface area contributed by atoms with Gasteiger partial charge in [0.1, 0.15) is 11.4 Å². The number of carbonyl (C=O) groups is 1. The highest BCUT2D eigenvalue weighted by Gasteiger charge is 2.10. The Balaban J connectivity index is 1.56. The van der Waals surface area contributed by atoms with Crippen LogP contribution in [0.5, 0.6) is 5.75 Å². The van der Waals surface area contributed by atoms with Crippen LogP contribution in [0.2, 0.25) is 0 Å². The van der Waals surface area contributed by atoms with Gasteiger partial charge in [0.25, 0.3) is 5.56 Å². The summed E-state index contributed by atoms with van der Waals surface area (Å²) in [5, 5.41) is 13.3. The van der Waals surface area contributed by atoms with Crippen molar-refractivity contribution < 1.29 is 9.53 Å².